The van der Waals surface area contributed by atoms with E-state index < -0.39 is 11.8 Å². The van der Waals surface area contributed by atoms with E-state index in [4.69, 9.17) is 5.73 Å². The molecule has 0 bridgehead atoms. The number of carbonyl (C=O) groups excluding carboxylic acids is 2. The van der Waals surface area contributed by atoms with Crippen LogP contribution in [0.1, 0.15) is 6.42 Å². The van der Waals surface area contributed by atoms with Crippen molar-refractivity contribution >= 4 is 39.1 Å². The van der Waals surface area contributed by atoms with E-state index in [2.05, 4.69) is 21.2 Å². The smallest absolute Gasteiger partial charge is 0.227 e. The van der Waals surface area contributed by atoms with Crippen molar-refractivity contribution in [3.05, 3.63) is 22.7 Å². The van der Waals surface area contributed by atoms with E-state index in [0.29, 0.717) is 6.54 Å². The van der Waals surface area contributed by atoms with Gasteiger partial charge in [0.25, 0.3) is 0 Å². The van der Waals surface area contributed by atoms with Crippen LogP contribution in [0.5, 0.6) is 0 Å². The predicted molar refractivity (Wildman–Crippen MR) is 73.3 cm³/mol. The number of anilines is 2. The Morgan fingerprint density at radius 3 is 2.83 bits per heavy atom. The van der Waals surface area contributed by atoms with Gasteiger partial charge in [-0.2, -0.15) is 0 Å². The Hall–Kier alpha value is -1.56. The maximum atomic E-state index is 11.9. The van der Waals surface area contributed by atoms with E-state index in [0.717, 1.165) is 15.8 Å². The minimum absolute atomic E-state index is 0.0716. The second-order valence-electron chi connectivity index (χ2n) is 4.22. The molecule has 0 spiro atoms. The van der Waals surface area contributed by atoms with Crippen LogP contribution in [0, 0.1) is 5.92 Å². The first-order chi connectivity index (χ1) is 8.52. The summed E-state index contributed by atoms with van der Waals surface area (Å²) in [6.45, 7) is 0.352. The molecule has 96 valence electrons. The number of nitrogens with one attached hydrogen (secondary N) is 1. The Morgan fingerprint density at radius 1 is 1.56 bits per heavy atom. The summed E-state index contributed by atoms with van der Waals surface area (Å²) in [4.78, 5) is 24.7. The lowest BCUT2D eigenvalue weighted by atomic mass is 10.1. The Labute approximate surface area is 113 Å². The lowest BCUT2D eigenvalue weighted by Crippen LogP contribution is -2.28. The molecule has 1 aliphatic rings. The average Bonchev–Trinajstić information content (AvgIpc) is 2.71. The van der Waals surface area contributed by atoms with Crippen LogP contribution in [-0.2, 0) is 9.59 Å². The van der Waals surface area contributed by atoms with Crippen molar-refractivity contribution in [1.82, 2.24) is 0 Å². The highest BCUT2D eigenvalue weighted by Crippen LogP contribution is 2.33. The highest BCUT2D eigenvalue weighted by molar-refractivity contribution is 9.10. The summed E-state index contributed by atoms with van der Waals surface area (Å²) >= 11 is 3.38. The molecule has 1 unspecified atom stereocenters. The molecular weight excluding hydrogens is 298 g/mol. The molecule has 0 aromatic heterocycles. The Bertz CT molecular complexity index is 504. The molecule has 1 atom stereocenters. The standard InChI is InChI=1S/C12H14BrN3O2/c1-15-9-5-8(13)2-3-10(9)16-6-7(12(14)18)4-11(16)17/h2-3,5,7,15H,4,6H2,1H3,(H2,14,18). The molecule has 3 N–H and O–H groups in total. The first-order valence-corrected chi connectivity index (χ1v) is 6.39. The van der Waals surface area contributed by atoms with Crippen molar-refractivity contribution < 1.29 is 9.59 Å². The van der Waals surface area contributed by atoms with Gasteiger partial charge in [0.2, 0.25) is 11.8 Å². The second kappa shape index (κ2) is 4.97. The number of halogens is 1. The highest BCUT2D eigenvalue weighted by atomic mass is 79.9. The fourth-order valence-electron chi connectivity index (χ4n) is 2.07. The van der Waals surface area contributed by atoms with Crippen LogP contribution in [0.2, 0.25) is 0 Å². The van der Waals surface area contributed by atoms with Crippen molar-refractivity contribution in [3.8, 4) is 0 Å². The molecule has 0 aliphatic carbocycles. The van der Waals surface area contributed by atoms with Gasteiger partial charge in [0.1, 0.15) is 0 Å². The topological polar surface area (TPSA) is 75.4 Å². The van der Waals surface area contributed by atoms with Crippen molar-refractivity contribution in [3.63, 3.8) is 0 Å². The maximum absolute atomic E-state index is 11.9. The largest absolute Gasteiger partial charge is 0.386 e. The SMILES string of the molecule is CNc1cc(Br)ccc1N1CC(C(N)=O)CC1=O. The molecule has 0 radical (unpaired) electrons. The molecular formula is C12H14BrN3O2. The van der Waals surface area contributed by atoms with Crippen LogP contribution in [0.25, 0.3) is 0 Å². The van der Waals surface area contributed by atoms with Gasteiger partial charge in [-0.25, -0.2) is 0 Å². The Kier molecular flexibility index (Phi) is 3.56. The van der Waals surface area contributed by atoms with Crippen LogP contribution in [-0.4, -0.2) is 25.4 Å². The molecule has 18 heavy (non-hydrogen) atoms. The number of amides is 2. The molecule has 1 heterocycles. The average molecular weight is 312 g/mol. The molecule has 0 saturated carbocycles. The summed E-state index contributed by atoms with van der Waals surface area (Å²) in [7, 11) is 1.79. The van der Waals surface area contributed by atoms with Gasteiger partial charge < -0.3 is 16.0 Å². The van der Waals surface area contributed by atoms with Gasteiger partial charge in [0.05, 0.1) is 17.3 Å². The number of rotatable bonds is 3. The van der Waals surface area contributed by atoms with Crippen molar-refractivity contribution in [1.29, 1.82) is 0 Å². The van der Waals surface area contributed by atoms with E-state index in [9.17, 15) is 9.59 Å². The van der Waals surface area contributed by atoms with Gasteiger partial charge in [0, 0.05) is 24.5 Å². The fourth-order valence-corrected chi connectivity index (χ4v) is 2.44. The van der Waals surface area contributed by atoms with Crippen molar-refractivity contribution in [2.24, 2.45) is 11.7 Å². The van der Waals surface area contributed by atoms with Gasteiger partial charge in [0.15, 0.2) is 0 Å². The zero-order valence-electron chi connectivity index (χ0n) is 9.94. The van der Waals surface area contributed by atoms with E-state index >= 15 is 0 Å². The highest BCUT2D eigenvalue weighted by Gasteiger charge is 2.34. The molecule has 1 aromatic carbocycles. The van der Waals surface area contributed by atoms with E-state index in [1.165, 1.54) is 0 Å². The summed E-state index contributed by atoms with van der Waals surface area (Å²) in [5, 5.41) is 3.04. The van der Waals surface area contributed by atoms with Gasteiger partial charge in [-0.3, -0.25) is 9.59 Å². The predicted octanol–water partition coefficient (Wildman–Crippen LogP) is 1.33. The molecule has 6 heteroatoms. The third kappa shape index (κ3) is 2.33. The maximum Gasteiger partial charge on any atom is 0.227 e. The first-order valence-electron chi connectivity index (χ1n) is 5.60. The number of nitrogens with two attached hydrogens (primary N) is 1. The van der Waals surface area contributed by atoms with Gasteiger partial charge >= 0.3 is 0 Å². The van der Waals surface area contributed by atoms with Crippen LogP contribution in [0.3, 0.4) is 0 Å². The van der Waals surface area contributed by atoms with Crippen LogP contribution < -0.4 is 16.0 Å². The van der Waals surface area contributed by atoms with E-state index in [1.807, 2.05) is 18.2 Å². The number of nitrogens with zero attached hydrogens (tertiary/aromatic N) is 1. The van der Waals surface area contributed by atoms with Gasteiger partial charge in [-0.05, 0) is 18.2 Å². The summed E-state index contributed by atoms with van der Waals surface area (Å²) in [5.41, 5.74) is 6.86. The summed E-state index contributed by atoms with van der Waals surface area (Å²) in [6.07, 6.45) is 0.189. The Balaban J connectivity index is 2.32. The van der Waals surface area contributed by atoms with Crippen LogP contribution in [0.15, 0.2) is 22.7 Å². The fraction of sp³-hybridized carbons (Fsp3) is 0.333. The molecule has 1 aliphatic heterocycles. The van der Waals surface area contributed by atoms with E-state index in [-0.39, 0.29) is 12.3 Å². The van der Waals surface area contributed by atoms with Crippen molar-refractivity contribution in [2.75, 3.05) is 23.8 Å². The van der Waals surface area contributed by atoms with E-state index in [1.54, 1.807) is 11.9 Å². The molecule has 1 saturated heterocycles. The molecule has 1 fully saturated rings. The normalized spacial score (nSPS) is 19.1. The number of hydrogen-bond acceptors (Lipinski definition) is 3. The molecule has 2 rings (SSSR count). The molecule has 2 amide bonds. The number of carbonyl (C=O) groups is 2. The lowest BCUT2D eigenvalue weighted by molar-refractivity contribution is -0.123. The zero-order valence-corrected chi connectivity index (χ0v) is 11.5. The molecule has 1 aromatic rings. The lowest BCUT2D eigenvalue weighted by Gasteiger charge is -2.20. The van der Waals surface area contributed by atoms with Crippen LogP contribution >= 0.6 is 15.9 Å². The Morgan fingerprint density at radius 2 is 2.28 bits per heavy atom. The minimum Gasteiger partial charge on any atom is -0.386 e. The summed E-state index contributed by atoms with van der Waals surface area (Å²) in [6, 6.07) is 5.60. The third-order valence-electron chi connectivity index (χ3n) is 3.05. The van der Waals surface area contributed by atoms with Gasteiger partial charge in [-0.1, -0.05) is 15.9 Å². The number of primary amides is 1. The molecule has 5 nitrogen and oxygen atoms in total. The third-order valence-corrected chi connectivity index (χ3v) is 3.54. The monoisotopic (exact) mass is 311 g/mol. The number of benzene rings is 1. The minimum atomic E-state index is -0.422. The quantitative estimate of drug-likeness (QED) is 0.884. The first kappa shape index (κ1) is 12.9. The zero-order chi connectivity index (χ0) is 13.3. The second-order valence-corrected chi connectivity index (χ2v) is 5.13. The van der Waals surface area contributed by atoms with Crippen LogP contribution in [0.4, 0.5) is 11.4 Å². The summed E-state index contributed by atoms with van der Waals surface area (Å²) in [5.74, 6) is -0.891. The summed E-state index contributed by atoms with van der Waals surface area (Å²) < 4.78 is 0.925. The van der Waals surface area contributed by atoms with Crippen molar-refractivity contribution in [2.45, 2.75) is 6.42 Å². The van der Waals surface area contributed by atoms with Gasteiger partial charge in [-0.15, -0.1) is 0 Å². The number of hydrogen-bond donors (Lipinski definition) is 2.